The fourth-order valence-electron chi connectivity index (χ4n) is 4.47. The zero-order chi connectivity index (χ0) is 24.7. The summed E-state index contributed by atoms with van der Waals surface area (Å²) in [5, 5.41) is 0. The van der Waals surface area contributed by atoms with Crippen LogP contribution >= 0.6 is 0 Å². The van der Waals surface area contributed by atoms with Crippen molar-refractivity contribution in [3.05, 3.63) is 59.7 Å². The van der Waals surface area contributed by atoms with E-state index in [-0.39, 0.29) is 29.8 Å². The van der Waals surface area contributed by atoms with Gasteiger partial charge >= 0.3 is 6.18 Å². The average Bonchev–Trinajstić information content (AvgIpc) is 3.76. The first-order chi connectivity index (χ1) is 16.9. The van der Waals surface area contributed by atoms with Crippen LogP contribution in [0.3, 0.4) is 0 Å². The van der Waals surface area contributed by atoms with Gasteiger partial charge in [-0.25, -0.2) is 0 Å². The number of hydrogen-bond donors (Lipinski definition) is 0. The fraction of sp³-hybridized carbons (Fsp3) is 0.571. The van der Waals surface area contributed by atoms with E-state index in [0.29, 0.717) is 44.3 Å². The van der Waals surface area contributed by atoms with Crippen LogP contribution in [0.15, 0.2) is 48.5 Å². The molecule has 0 radical (unpaired) electrons. The van der Waals surface area contributed by atoms with Crippen LogP contribution in [0.4, 0.5) is 13.2 Å². The number of ether oxygens (including phenoxy) is 4. The summed E-state index contributed by atoms with van der Waals surface area (Å²) in [6, 6.07) is 12.8. The molecule has 0 aliphatic carbocycles. The molecule has 4 nitrogen and oxygen atoms in total. The number of alkyl halides is 3. The van der Waals surface area contributed by atoms with E-state index in [9.17, 15) is 0 Å². The van der Waals surface area contributed by atoms with Crippen molar-refractivity contribution in [1.82, 2.24) is 0 Å². The Kier molecular flexibility index (Phi) is 8.60. The maximum Gasteiger partial charge on any atom is 0.402 e. The standard InChI is InChI=1S/C28H35F3O4/c1-2-3-4-5-6-7-16-27(28(29,30)31,21-8-12-23(13-9-21)32-17-25-19-34-25)22-10-14-24(15-11-22)33-18-26-20-35-26/h8-15,25-26H,2-7,16-20H2,1H3. The molecule has 2 aromatic rings. The second-order valence-electron chi connectivity index (χ2n) is 9.50. The van der Waals surface area contributed by atoms with Gasteiger partial charge < -0.3 is 18.9 Å². The topological polar surface area (TPSA) is 43.5 Å². The van der Waals surface area contributed by atoms with Crippen LogP contribution in [0.1, 0.15) is 63.0 Å². The highest BCUT2D eigenvalue weighted by molar-refractivity contribution is 5.45. The summed E-state index contributed by atoms with van der Waals surface area (Å²) in [7, 11) is 0. The van der Waals surface area contributed by atoms with E-state index < -0.39 is 11.6 Å². The molecular formula is C28H35F3O4. The van der Waals surface area contributed by atoms with Crippen LogP contribution < -0.4 is 9.47 Å². The number of epoxide rings is 2. The van der Waals surface area contributed by atoms with E-state index in [1.165, 1.54) is 0 Å². The number of rotatable bonds is 15. The molecule has 0 saturated carbocycles. The van der Waals surface area contributed by atoms with Gasteiger partial charge in [0, 0.05) is 0 Å². The SMILES string of the molecule is CCCCCCCCC(c1ccc(OCC2CO2)cc1)(c1ccc(OCC2CO2)cc1)C(F)(F)F. The van der Waals surface area contributed by atoms with Crippen molar-refractivity contribution < 1.29 is 32.1 Å². The van der Waals surface area contributed by atoms with E-state index >= 15 is 13.2 Å². The Morgan fingerprint density at radius 3 is 1.54 bits per heavy atom. The summed E-state index contributed by atoms with van der Waals surface area (Å²) in [5.74, 6) is 1.09. The molecule has 2 heterocycles. The molecule has 192 valence electrons. The Bertz CT molecular complexity index is 844. The van der Waals surface area contributed by atoms with Crippen LogP contribution in [0.2, 0.25) is 0 Å². The molecule has 0 aromatic heterocycles. The van der Waals surface area contributed by atoms with Gasteiger partial charge in [0.2, 0.25) is 0 Å². The van der Waals surface area contributed by atoms with Crippen molar-refractivity contribution in [1.29, 1.82) is 0 Å². The van der Waals surface area contributed by atoms with Gasteiger partial charge in [-0.3, -0.25) is 0 Å². The molecule has 7 heteroatoms. The monoisotopic (exact) mass is 492 g/mol. The molecular weight excluding hydrogens is 457 g/mol. The summed E-state index contributed by atoms with van der Waals surface area (Å²) in [5.41, 5.74) is -1.64. The van der Waals surface area contributed by atoms with Gasteiger partial charge in [0.05, 0.1) is 13.2 Å². The van der Waals surface area contributed by atoms with Crippen LogP contribution in [-0.2, 0) is 14.9 Å². The molecule has 2 saturated heterocycles. The van der Waals surface area contributed by atoms with E-state index in [0.717, 1.165) is 32.1 Å². The molecule has 0 spiro atoms. The summed E-state index contributed by atoms with van der Waals surface area (Å²) < 4.78 is 66.6. The molecule has 2 aromatic carbocycles. The zero-order valence-corrected chi connectivity index (χ0v) is 20.3. The number of hydrogen-bond acceptors (Lipinski definition) is 4. The largest absolute Gasteiger partial charge is 0.491 e. The highest BCUT2D eigenvalue weighted by Crippen LogP contribution is 2.50. The maximum absolute atomic E-state index is 15.0. The highest BCUT2D eigenvalue weighted by Gasteiger charge is 2.56. The lowest BCUT2D eigenvalue weighted by Crippen LogP contribution is -2.43. The van der Waals surface area contributed by atoms with Crippen LogP contribution in [0.25, 0.3) is 0 Å². The van der Waals surface area contributed by atoms with Gasteiger partial charge in [-0.15, -0.1) is 0 Å². The third kappa shape index (κ3) is 6.91. The fourth-order valence-corrected chi connectivity index (χ4v) is 4.47. The predicted octanol–water partition coefficient (Wildman–Crippen LogP) is 6.84. The van der Waals surface area contributed by atoms with Gasteiger partial charge in [-0.2, -0.15) is 13.2 Å². The second kappa shape index (κ2) is 11.7. The van der Waals surface area contributed by atoms with Gasteiger partial charge in [0.25, 0.3) is 0 Å². The zero-order valence-electron chi connectivity index (χ0n) is 20.3. The Morgan fingerprint density at radius 2 is 1.14 bits per heavy atom. The van der Waals surface area contributed by atoms with E-state index in [1.807, 2.05) is 0 Å². The molecule has 35 heavy (non-hydrogen) atoms. The van der Waals surface area contributed by atoms with Gasteiger partial charge in [0.15, 0.2) is 0 Å². The lowest BCUT2D eigenvalue weighted by Gasteiger charge is -2.37. The molecule has 0 N–H and O–H groups in total. The predicted molar refractivity (Wildman–Crippen MR) is 128 cm³/mol. The van der Waals surface area contributed by atoms with Crippen LogP contribution in [0.5, 0.6) is 11.5 Å². The molecule has 4 rings (SSSR count). The number of benzene rings is 2. The van der Waals surface area contributed by atoms with Crippen molar-refractivity contribution in [2.45, 2.75) is 75.7 Å². The van der Waals surface area contributed by atoms with Gasteiger partial charge in [-0.1, -0.05) is 69.7 Å². The minimum Gasteiger partial charge on any atom is -0.491 e. The van der Waals surface area contributed by atoms with Crippen molar-refractivity contribution in [2.75, 3.05) is 26.4 Å². The summed E-state index contributed by atoms with van der Waals surface area (Å²) >= 11 is 0. The molecule has 2 aliphatic heterocycles. The van der Waals surface area contributed by atoms with Gasteiger partial charge in [-0.05, 0) is 41.8 Å². The highest BCUT2D eigenvalue weighted by atomic mass is 19.4. The first kappa shape index (κ1) is 25.8. The molecule has 0 bridgehead atoms. The van der Waals surface area contributed by atoms with Crippen molar-refractivity contribution in [3.8, 4) is 11.5 Å². The Balaban J connectivity index is 1.57. The van der Waals surface area contributed by atoms with Crippen molar-refractivity contribution in [3.63, 3.8) is 0 Å². The normalized spacial score (nSPS) is 20.8. The summed E-state index contributed by atoms with van der Waals surface area (Å²) in [4.78, 5) is 0. The molecule has 2 fully saturated rings. The quantitative estimate of drug-likeness (QED) is 0.202. The van der Waals surface area contributed by atoms with E-state index in [2.05, 4.69) is 6.92 Å². The van der Waals surface area contributed by atoms with Crippen molar-refractivity contribution in [2.24, 2.45) is 0 Å². The lowest BCUT2D eigenvalue weighted by molar-refractivity contribution is -0.180. The smallest absolute Gasteiger partial charge is 0.402 e. The third-order valence-electron chi connectivity index (χ3n) is 6.76. The average molecular weight is 493 g/mol. The minimum absolute atomic E-state index is 0.00510. The first-order valence-electron chi connectivity index (χ1n) is 12.7. The number of halogens is 3. The first-order valence-corrected chi connectivity index (χ1v) is 12.7. The Labute approximate surface area is 205 Å². The van der Waals surface area contributed by atoms with Gasteiger partial charge in [0.1, 0.15) is 42.3 Å². The van der Waals surface area contributed by atoms with E-state index in [4.69, 9.17) is 18.9 Å². The van der Waals surface area contributed by atoms with Crippen LogP contribution in [0, 0.1) is 0 Å². The molecule has 0 amide bonds. The Morgan fingerprint density at radius 1 is 0.714 bits per heavy atom. The third-order valence-corrected chi connectivity index (χ3v) is 6.76. The molecule has 2 atom stereocenters. The number of unbranched alkanes of at least 4 members (excludes halogenated alkanes) is 5. The maximum atomic E-state index is 15.0. The molecule has 2 unspecified atom stereocenters. The minimum atomic E-state index is -4.47. The van der Waals surface area contributed by atoms with E-state index in [1.54, 1.807) is 48.5 Å². The Hall–Kier alpha value is -2.25. The van der Waals surface area contributed by atoms with Crippen LogP contribution in [-0.4, -0.2) is 44.8 Å². The second-order valence-corrected chi connectivity index (χ2v) is 9.50. The van der Waals surface area contributed by atoms with Crippen molar-refractivity contribution >= 4 is 0 Å². The molecule has 2 aliphatic rings. The summed E-state index contributed by atoms with van der Waals surface area (Å²) in [6.45, 7) is 4.29. The summed E-state index contributed by atoms with van der Waals surface area (Å²) in [6.07, 6.45) is 1.21. The lowest BCUT2D eigenvalue weighted by atomic mass is 9.70.